The number of rotatable bonds is 4. The average molecular weight is 312 g/mol. The van der Waals surface area contributed by atoms with Crippen molar-refractivity contribution in [3.8, 4) is 0 Å². The molecular weight excluding hydrogens is 283 g/mol. The minimum absolute atomic E-state index is 0.0335. The van der Waals surface area contributed by atoms with Crippen molar-refractivity contribution < 1.29 is 14.0 Å². The van der Waals surface area contributed by atoms with E-state index < -0.39 is 8.25 Å². The van der Waals surface area contributed by atoms with E-state index in [1.54, 1.807) is 0 Å². The molecular formula is C17H29O3P. The third-order valence-electron chi connectivity index (χ3n) is 3.72. The summed E-state index contributed by atoms with van der Waals surface area (Å²) >= 11 is 0. The van der Waals surface area contributed by atoms with E-state index in [9.17, 15) is 4.57 Å². The molecule has 0 bridgehead atoms. The van der Waals surface area contributed by atoms with E-state index in [1.807, 2.05) is 0 Å². The lowest BCUT2D eigenvalue weighted by Crippen LogP contribution is -2.20. The Morgan fingerprint density at radius 2 is 1.67 bits per heavy atom. The van der Waals surface area contributed by atoms with Gasteiger partial charge in [-0.2, -0.15) is 0 Å². The maximum Gasteiger partial charge on any atom is 0.316 e. The van der Waals surface area contributed by atoms with Crippen LogP contribution in [0, 0.1) is 6.92 Å². The molecule has 120 valence electrons. The molecule has 0 saturated heterocycles. The van der Waals surface area contributed by atoms with Crippen molar-refractivity contribution in [2.24, 2.45) is 0 Å². The van der Waals surface area contributed by atoms with Crippen LogP contribution in [0.4, 0.5) is 0 Å². The predicted molar refractivity (Wildman–Crippen MR) is 89.5 cm³/mol. The fourth-order valence-corrected chi connectivity index (χ4v) is 2.77. The predicted octanol–water partition coefficient (Wildman–Crippen LogP) is 4.53. The zero-order chi connectivity index (χ0) is 16.4. The van der Waals surface area contributed by atoms with Crippen molar-refractivity contribution in [3.05, 3.63) is 34.4 Å². The van der Waals surface area contributed by atoms with Crippen LogP contribution < -0.4 is 0 Å². The summed E-state index contributed by atoms with van der Waals surface area (Å²) in [5.74, 6) is 0. The summed E-state index contributed by atoms with van der Waals surface area (Å²) in [5, 5.41) is 0. The standard InChI is InChI=1S/C17H29O3P/c1-12-10-13(16(2,3)4)11-15(17(5,6)7)14(12)8-9-20-21(18)19/h10-11,21H,8-9H2,1-7H3,(H,18,19). The van der Waals surface area contributed by atoms with Crippen LogP contribution in [0.1, 0.15) is 63.8 Å². The molecule has 1 atom stereocenters. The normalized spacial score (nSPS) is 14.3. The van der Waals surface area contributed by atoms with Crippen LogP contribution in [0.5, 0.6) is 0 Å². The Kier molecular flexibility index (Phi) is 5.83. The Hall–Kier alpha value is -0.630. The molecule has 0 aliphatic carbocycles. The first-order valence-corrected chi connectivity index (χ1v) is 8.69. The Morgan fingerprint density at radius 3 is 2.10 bits per heavy atom. The first-order chi connectivity index (χ1) is 9.43. The van der Waals surface area contributed by atoms with E-state index in [-0.39, 0.29) is 17.4 Å². The van der Waals surface area contributed by atoms with Crippen molar-refractivity contribution in [2.75, 3.05) is 6.61 Å². The van der Waals surface area contributed by atoms with Crippen LogP contribution in [-0.4, -0.2) is 11.5 Å². The summed E-state index contributed by atoms with van der Waals surface area (Å²) in [6.07, 6.45) is 0.666. The maximum atomic E-state index is 10.7. The van der Waals surface area contributed by atoms with Crippen molar-refractivity contribution in [1.29, 1.82) is 0 Å². The fourth-order valence-electron chi connectivity index (χ4n) is 2.49. The zero-order valence-electron chi connectivity index (χ0n) is 14.3. The fraction of sp³-hybridized carbons (Fsp3) is 0.647. The van der Waals surface area contributed by atoms with Gasteiger partial charge in [-0.1, -0.05) is 53.7 Å². The SMILES string of the molecule is Cc1cc(C(C)(C)C)cc(C(C)(C)C)c1CCO[PH](=O)O. The zero-order valence-corrected chi connectivity index (χ0v) is 15.3. The molecule has 3 nitrogen and oxygen atoms in total. The third kappa shape index (κ3) is 5.25. The lowest BCUT2D eigenvalue weighted by molar-refractivity contribution is 0.284. The highest BCUT2D eigenvalue weighted by Gasteiger charge is 2.23. The van der Waals surface area contributed by atoms with Crippen LogP contribution in [0.3, 0.4) is 0 Å². The molecule has 0 aliphatic rings. The molecule has 1 unspecified atom stereocenters. The van der Waals surface area contributed by atoms with Crippen LogP contribution in [0.2, 0.25) is 0 Å². The van der Waals surface area contributed by atoms with Gasteiger partial charge in [0.25, 0.3) is 0 Å². The van der Waals surface area contributed by atoms with Gasteiger partial charge in [-0.25, -0.2) is 0 Å². The van der Waals surface area contributed by atoms with Gasteiger partial charge in [-0.15, -0.1) is 0 Å². The molecule has 0 spiro atoms. The summed E-state index contributed by atoms with van der Waals surface area (Å²) in [6, 6.07) is 4.51. The van der Waals surface area contributed by atoms with E-state index in [1.165, 1.54) is 22.3 Å². The van der Waals surface area contributed by atoms with Gasteiger partial charge in [0.15, 0.2) is 0 Å². The van der Waals surface area contributed by atoms with Crippen LogP contribution in [0.15, 0.2) is 12.1 Å². The van der Waals surface area contributed by atoms with Crippen LogP contribution in [-0.2, 0) is 26.3 Å². The quantitative estimate of drug-likeness (QED) is 0.831. The molecule has 0 fully saturated rings. The number of hydrogen-bond donors (Lipinski definition) is 1. The smallest absolute Gasteiger partial charge is 0.316 e. The Balaban J connectivity index is 3.26. The summed E-state index contributed by atoms with van der Waals surface area (Å²) in [4.78, 5) is 8.80. The van der Waals surface area contributed by atoms with Crippen LogP contribution >= 0.6 is 8.25 Å². The summed E-state index contributed by atoms with van der Waals surface area (Å²) < 4.78 is 15.6. The van der Waals surface area contributed by atoms with E-state index in [0.29, 0.717) is 6.42 Å². The largest absolute Gasteiger partial charge is 0.326 e. The first kappa shape index (κ1) is 18.4. The minimum atomic E-state index is -2.85. The molecule has 21 heavy (non-hydrogen) atoms. The van der Waals surface area contributed by atoms with Crippen molar-refractivity contribution in [3.63, 3.8) is 0 Å². The van der Waals surface area contributed by atoms with Gasteiger partial charge in [0.2, 0.25) is 0 Å². The molecule has 1 N–H and O–H groups in total. The average Bonchev–Trinajstić information content (AvgIpc) is 2.27. The lowest BCUT2D eigenvalue weighted by atomic mass is 9.76. The molecule has 0 heterocycles. The van der Waals surface area contributed by atoms with E-state index in [2.05, 4.69) is 60.6 Å². The molecule has 0 aromatic heterocycles. The van der Waals surface area contributed by atoms with Gasteiger partial charge >= 0.3 is 8.25 Å². The molecule has 1 aromatic rings. The van der Waals surface area contributed by atoms with Gasteiger partial charge in [0, 0.05) is 0 Å². The van der Waals surface area contributed by atoms with Gasteiger partial charge < -0.3 is 9.42 Å². The minimum Gasteiger partial charge on any atom is -0.326 e. The van der Waals surface area contributed by atoms with Gasteiger partial charge in [-0.05, 0) is 46.4 Å². The van der Waals surface area contributed by atoms with E-state index in [4.69, 9.17) is 9.42 Å². The van der Waals surface area contributed by atoms with E-state index >= 15 is 0 Å². The molecule has 0 aliphatic heterocycles. The molecule has 0 amide bonds. The highest BCUT2D eigenvalue weighted by Crippen LogP contribution is 2.34. The monoisotopic (exact) mass is 312 g/mol. The first-order valence-electron chi connectivity index (χ1n) is 7.43. The molecule has 1 aromatic carbocycles. The third-order valence-corrected chi connectivity index (χ3v) is 4.18. The van der Waals surface area contributed by atoms with Crippen molar-refractivity contribution in [1.82, 2.24) is 0 Å². The summed E-state index contributed by atoms with van der Waals surface area (Å²) in [5.41, 5.74) is 5.23. The summed E-state index contributed by atoms with van der Waals surface area (Å²) in [7, 11) is -2.85. The van der Waals surface area contributed by atoms with Gasteiger partial charge in [-0.3, -0.25) is 4.57 Å². The lowest BCUT2D eigenvalue weighted by Gasteiger charge is -2.29. The highest BCUT2D eigenvalue weighted by atomic mass is 31.1. The molecule has 0 radical (unpaired) electrons. The van der Waals surface area contributed by atoms with Gasteiger partial charge in [0.1, 0.15) is 0 Å². The number of benzene rings is 1. The van der Waals surface area contributed by atoms with Gasteiger partial charge in [0.05, 0.1) is 6.61 Å². The number of hydrogen-bond acceptors (Lipinski definition) is 2. The number of aryl methyl sites for hydroxylation is 1. The van der Waals surface area contributed by atoms with E-state index in [0.717, 1.165) is 0 Å². The molecule has 1 rings (SSSR count). The second-order valence-corrected chi connectivity index (χ2v) is 8.50. The second kappa shape index (κ2) is 6.64. The molecule has 0 saturated carbocycles. The topological polar surface area (TPSA) is 46.5 Å². The Labute approximate surface area is 129 Å². The Bertz CT molecular complexity index is 522. The highest BCUT2D eigenvalue weighted by molar-refractivity contribution is 7.32. The molecule has 4 heteroatoms. The maximum absolute atomic E-state index is 10.7. The van der Waals surface area contributed by atoms with Crippen LogP contribution in [0.25, 0.3) is 0 Å². The Morgan fingerprint density at radius 1 is 1.10 bits per heavy atom. The second-order valence-electron chi connectivity index (χ2n) is 7.68. The summed E-state index contributed by atoms with van der Waals surface area (Å²) in [6.45, 7) is 15.7. The van der Waals surface area contributed by atoms with Crippen molar-refractivity contribution in [2.45, 2.75) is 65.7 Å². The van der Waals surface area contributed by atoms with Crippen molar-refractivity contribution >= 4 is 8.25 Å².